The summed E-state index contributed by atoms with van der Waals surface area (Å²) in [5.74, 6) is 0.668. The van der Waals surface area contributed by atoms with Crippen molar-refractivity contribution in [3.05, 3.63) is 78.1 Å². The Kier molecular flexibility index (Phi) is 6.42. The number of nitrogens with zero attached hydrogens (tertiary/aromatic N) is 1. The summed E-state index contributed by atoms with van der Waals surface area (Å²) in [5, 5.41) is 5.53. The summed E-state index contributed by atoms with van der Waals surface area (Å²) in [6, 6.07) is 17.0. The van der Waals surface area contributed by atoms with E-state index in [9.17, 15) is 9.59 Å². The van der Waals surface area contributed by atoms with Crippen molar-refractivity contribution in [2.75, 3.05) is 24.4 Å². The van der Waals surface area contributed by atoms with Crippen LogP contribution in [0.25, 0.3) is 0 Å². The van der Waals surface area contributed by atoms with Gasteiger partial charge in [-0.15, -0.1) is 0 Å². The van der Waals surface area contributed by atoms with Crippen molar-refractivity contribution in [1.82, 2.24) is 4.98 Å². The van der Waals surface area contributed by atoms with Gasteiger partial charge in [-0.05, 0) is 67.6 Å². The Balaban J connectivity index is 1.67. The number of benzene rings is 2. The third kappa shape index (κ3) is 5.32. The van der Waals surface area contributed by atoms with Crippen LogP contribution in [-0.4, -0.2) is 30.5 Å². The molecule has 7 nitrogen and oxygen atoms in total. The zero-order valence-electron chi connectivity index (χ0n) is 16.1. The average molecular weight is 391 g/mol. The van der Waals surface area contributed by atoms with Gasteiger partial charge < -0.3 is 20.1 Å². The number of methoxy groups -OCH3 is 1. The summed E-state index contributed by atoms with van der Waals surface area (Å²) in [7, 11) is 1.57. The van der Waals surface area contributed by atoms with Crippen molar-refractivity contribution in [3.63, 3.8) is 0 Å². The first kappa shape index (κ1) is 19.9. The highest BCUT2D eigenvalue weighted by atomic mass is 16.5. The van der Waals surface area contributed by atoms with Crippen molar-refractivity contribution in [1.29, 1.82) is 0 Å². The van der Waals surface area contributed by atoms with E-state index in [4.69, 9.17) is 9.47 Å². The molecule has 0 saturated carbocycles. The maximum Gasteiger partial charge on any atom is 0.274 e. The van der Waals surface area contributed by atoms with Crippen LogP contribution in [-0.2, 0) is 0 Å². The summed E-state index contributed by atoms with van der Waals surface area (Å²) in [6.07, 6.45) is 1.43. The van der Waals surface area contributed by atoms with Crippen molar-refractivity contribution >= 4 is 23.2 Å². The first-order chi connectivity index (χ1) is 14.1. The lowest BCUT2D eigenvalue weighted by Crippen LogP contribution is -2.17. The third-order valence-corrected chi connectivity index (χ3v) is 4.03. The predicted molar refractivity (Wildman–Crippen MR) is 111 cm³/mol. The Morgan fingerprint density at radius 2 is 1.45 bits per heavy atom. The summed E-state index contributed by atoms with van der Waals surface area (Å²) >= 11 is 0. The minimum Gasteiger partial charge on any atom is -0.497 e. The van der Waals surface area contributed by atoms with Crippen LogP contribution in [0.4, 0.5) is 11.4 Å². The van der Waals surface area contributed by atoms with E-state index in [0.29, 0.717) is 29.3 Å². The van der Waals surface area contributed by atoms with Gasteiger partial charge in [-0.3, -0.25) is 14.6 Å². The molecule has 1 heterocycles. The van der Waals surface area contributed by atoms with Crippen LogP contribution in [0, 0.1) is 0 Å². The Bertz CT molecular complexity index is 986. The molecule has 2 N–H and O–H groups in total. The predicted octanol–water partition coefficient (Wildman–Crippen LogP) is 3.99. The molecule has 0 saturated heterocycles. The number of hydrogen-bond donors (Lipinski definition) is 2. The molecule has 0 bridgehead atoms. The zero-order chi connectivity index (χ0) is 20.6. The second kappa shape index (κ2) is 9.36. The normalized spacial score (nSPS) is 10.1. The fourth-order valence-electron chi connectivity index (χ4n) is 2.57. The Hall–Kier alpha value is -3.87. The third-order valence-electron chi connectivity index (χ3n) is 4.03. The second-order valence-corrected chi connectivity index (χ2v) is 6.02. The molecule has 2 aromatic carbocycles. The monoisotopic (exact) mass is 391 g/mol. The second-order valence-electron chi connectivity index (χ2n) is 6.02. The van der Waals surface area contributed by atoms with Crippen LogP contribution >= 0.6 is 0 Å². The van der Waals surface area contributed by atoms with E-state index in [0.717, 1.165) is 5.75 Å². The molecular formula is C22H21N3O4. The number of pyridine rings is 1. The minimum atomic E-state index is -0.411. The van der Waals surface area contributed by atoms with Crippen LogP contribution < -0.4 is 20.1 Å². The maximum atomic E-state index is 12.5. The molecule has 29 heavy (non-hydrogen) atoms. The van der Waals surface area contributed by atoms with Gasteiger partial charge in [0.25, 0.3) is 11.8 Å². The lowest BCUT2D eigenvalue weighted by molar-refractivity contribution is 0.102. The lowest BCUT2D eigenvalue weighted by Gasteiger charge is -2.09. The standard InChI is InChI=1S/C22H21N3O4/c1-3-29-19-10-6-16(7-11-19)24-21(26)15-12-13-23-20(14-15)22(27)25-17-4-8-18(28-2)9-5-17/h4-14H,3H2,1-2H3,(H,24,26)(H,25,27). The van der Waals surface area contributed by atoms with Crippen LogP contribution in [0.1, 0.15) is 27.8 Å². The number of carbonyl (C=O) groups excluding carboxylic acids is 2. The van der Waals surface area contributed by atoms with Gasteiger partial charge in [0, 0.05) is 23.1 Å². The van der Waals surface area contributed by atoms with Gasteiger partial charge in [0.15, 0.2) is 0 Å². The largest absolute Gasteiger partial charge is 0.497 e. The molecule has 7 heteroatoms. The van der Waals surface area contributed by atoms with E-state index in [2.05, 4.69) is 15.6 Å². The van der Waals surface area contributed by atoms with Gasteiger partial charge in [-0.1, -0.05) is 0 Å². The van der Waals surface area contributed by atoms with Gasteiger partial charge in [0.05, 0.1) is 13.7 Å². The van der Waals surface area contributed by atoms with Crippen molar-refractivity contribution < 1.29 is 19.1 Å². The average Bonchev–Trinajstić information content (AvgIpc) is 2.76. The van der Waals surface area contributed by atoms with Gasteiger partial charge in [0.2, 0.25) is 0 Å². The molecule has 0 aliphatic carbocycles. The highest BCUT2D eigenvalue weighted by molar-refractivity contribution is 6.07. The first-order valence-electron chi connectivity index (χ1n) is 9.04. The minimum absolute atomic E-state index is 0.139. The molecule has 0 unspecified atom stereocenters. The number of aromatic nitrogens is 1. The molecule has 0 atom stereocenters. The summed E-state index contributed by atoms with van der Waals surface area (Å²) in [4.78, 5) is 29.0. The van der Waals surface area contributed by atoms with Gasteiger partial charge in [-0.2, -0.15) is 0 Å². The number of nitrogens with one attached hydrogen (secondary N) is 2. The van der Waals surface area contributed by atoms with Crippen LogP contribution in [0.3, 0.4) is 0 Å². The molecule has 0 radical (unpaired) electrons. The van der Waals surface area contributed by atoms with E-state index in [1.54, 1.807) is 61.7 Å². The highest BCUT2D eigenvalue weighted by Crippen LogP contribution is 2.18. The molecule has 3 aromatic rings. The Labute approximate surface area is 168 Å². The van der Waals surface area contributed by atoms with E-state index in [-0.39, 0.29) is 11.6 Å². The molecule has 0 aliphatic heterocycles. The zero-order valence-corrected chi connectivity index (χ0v) is 16.1. The molecule has 0 fully saturated rings. The quantitative estimate of drug-likeness (QED) is 0.636. The molecular weight excluding hydrogens is 370 g/mol. The molecule has 2 amide bonds. The number of rotatable bonds is 7. The van der Waals surface area contributed by atoms with E-state index >= 15 is 0 Å². The van der Waals surface area contributed by atoms with Crippen molar-refractivity contribution in [3.8, 4) is 11.5 Å². The fraction of sp³-hybridized carbons (Fsp3) is 0.136. The molecule has 0 spiro atoms. The van der Waals surface area contributed by atoms with Crippen molar-refractivity contribution in [2.24, 2.45) is 0 Å². The van der Waals surface area contributed by atoms with E-state index in [1.165, 1.54) is 12.3 Å². The molecule has 0 aliphatic rings. The number of carbonyl (C=O) groups is 2. The summed E-state index contributed by atoms with van der Waals surface area (Å²) < 4.78 is 10.5. The van der Waals surface area contributed by atoms with Crippen molar-refractivity contribution in [2.45, 2.75) is 6.92 Å². The topological polar surface area (TPSA) is 89.5 Å². The molecule has 1 aromatic heterocycles. The van der Waals surface area contributed by atoms with Crippen LogP contribution in [0.5, 0.6) is 11.5 Å². The number of hydrogen-bond acceptors (Lipinski definition) is 5. The lowest BCUT2D eigenvalue weighted by atomic mass is 10.2. The fourth-order valence-corrected chi connectivity index (χ4v) is 2.57. The number of anilines is 2. The Morgan fingerprint density at radius 3 is 2.03 bits per heavy atom. The number of amides is 2. The Morgan fingerprint density at radius 1 is 0.862 bits per heavy atom. The summed E-state index contributed by atoms with van der Waals surface area (Å²) in [6.45, 7) is 2.48. The number of ether oxygens (including phenoxy) is 2. The summed E-state index contributed by atoms with van der Waals surface area (Å²) in [5.41, 5.74) is 1.69. The van der Waals surface area contributed by atoms with E-state index in [1.807, 2.05) is 6.92 Å². The van der Waals surface area contributed by atoms with Crippen LogP contribution in [0.2, 0.25) is 0 Å². The highest BCUT2D eigenvalue weighted by Gasteiger charge is 2.13. The maximum absolute atomic E-state index is 12.5. The van der Waals surface area contributed by atoms with Gasteiger partial charge >= 0.3 is 0 Å². The molecule has 148 valence electrons. The molecule has 3 rings (SSSR count). The van der Waals surface area contributed by atoms with Crippen LogP contribution in [0.15, 0.2) is 66.9 Å². The van der Waals surface area contributed by atoms with Gasteiger partial charge in [-0.25, -0.2) is 0 Å². The van der Waals surface area contributed by atoms with E-state index < -0.39 is 5.91 Å². The SMILES string of the molecule is CCOc1ccc(NC(=O)c2ccnc(C(=O)Nc3ccc(OC)cc3)c2)cc1. The first-order valence-corrected chi connectivity index (χ1v) is 9.04. The van der Waals surface area contributed by atoms with Gasteiger partial charge in [0.1, 0.15) is 17.2 Å². The smallest absolute Gasteiger partial charge is 0.274 e.